The van der Waals surface area contributed by atoms with E-state index in [1.165, 1.54) is 0 Å². The van der Waals surface area contributed by atoms with E-state index in [0.717, 1.165) is 11.1 Å². The van der Waals surface area contributed by atoms with Crippen molar-refractivity contribution < 1.29 is 24.1 Å². The number of terminal acetylenes is 1. The van der Waals surface area contributed by atoms with Crippen LogP contribution >= 0.6 is 0 Å². The molecule has 0 spiro atoms. The molecule has 1 heterocycles. The molecule has 1 aromatic rings. The molecule has 1 amide bonds. The molecule has 6 nitrogen and oxygen atoms in total. The molecule has 2 N–H and O–H groups in total. The third kappa shape index (κ3) is 5.83. The van der Waals surface area contributed by atoms with Gasteiger partial charge in [-0.25, -0.2) is 0 Å². The van der Waals surface area contributed by atoms with E-state index in [1.807, 2.05) is 37.3 Å². The molecule has 1 aliphatic heterocycles. The molecule has 28 heavy (non-hydrogen) atoms. The van der Waals surface area contributed by atoms with Crippen molar-refractivity contribution in [2.75, 3.05) is 33.5 Å². The number of benzene rings is 1. The molecule has 0 saturated heterocycles. The van der Waals surface area contributed by atoms with Crippen molar-refractivity contribution in [2.24, 2.45) is 5.92 Å². The van der Waals surface area contributed by atoms with E-state index in [-0.39, 0.29) is 30.1 Å². The van der Waals surface area contributed by atoms with Crippen LogP contribution in [0.25, 0.3) is 0 Å². The van der Waals surface area contributed by atoms with Gasteiger partial charge >= 0.3 is 0 Å². The first-order valence-electron chi connectivity index (χ1n) is 9.59. The average Bonchev–Trinajstić information content (AvgIpc) is 2.72. The lowest BCUT2D eigenvalue weighted by molar-refractivity contribution is -0.166. The lowest BCUT2D eigenvalue weighted by atomic mass is 9.80. The molecule has 0 aromatic heterocycles. The number of nitrogens with one attached hydrogen (secondary N) is 1. The Balaban J connectivity index is 2.34. The zero-order valence-corrected chi connectivity index (χ0v) is 16.5. The Bertz CT molecular complexity index is 692. The molecular weight excluding hydrogens is 358 g/mol. The molecular formula is C22H29NO5. The van der Waals surface area contributed by atoms with Gasteiger partial charge in [-0.3, -0.25) is 4.79 Å². The summed E-state index contributed by atoms with van der Waals surface area (Å²) < 4.78 is 16.7. The fraction of sp³-hybridized carbons (Fsp3) is 0.500. The van der Waals surface area contributed by atoms with Crippen LogP contribution in [-0.2, 0) is 19.0 Å². The maximum atomic E-state index is 12.5. The predicted molar refractivity (Wildman–Crippen MR) is 106 cm³/mol. The highest BCUT2D eigenvalue weighted by Gasteiger charge is 2.37. The molecule has 0 saturated carbocycles. The van der Waals surface area contributed by atoms with Crippen LogP contribution < -0.4 is 5.32 Å². The van der Waals surface area contributed by atoms with Gasteiger partial charge in [-0.15, -0.1) is 6.42 Å². The van der Waals surface area contributed by atoms with E-state index in [9.17, 15) is 9.90 Å². The minimum Gasteiger partial charge on any atom is -0.459 e. The van der Waals surface area contributed by atoms with Gasteiger partial charge in [-0.2, -0.15) is 0 Å². The molecule has 0 unspecified atom stereocenters. The quantitative estimate of drug-likeness (QED) is 0.475. The summed E-state index contributed by atoms with van der Waals surface area (Å²) in [6, 6.07) is 7.71. The monoisotopic (exact) mass is 387 g/mol. The zero-order chi connectivity index (χ0) is 20.4. The van der Waals surface area contributed by atoms with Gasteiger partial charge in [0.15, 0.2) is 5.76 Å². The van der Waals surface area contributed by atoms with Crippen LogP contribution in [0.4, 0.5) is 0 Å². The zero-order valence-electron chi connectivity index (χ0n) is 16.5. The molecule has 0 radical (unpaired) electrons. The highest BCUT2D eigenvalue weighted by molar-refractivity contribution is 5.91. The van der Waals surface area contributed by atoms with Crippen molar-refractivity contribution in [1.82, 2.24) is 5.32 Å². The number of carbonyl (C=O) groups excluding carboxylic acids is 1. The molecule has 2 rings (SSSR count). The first-order chi connectivity index (χ1) is 13.6. The molecule has 6 heteroatoms. The highest BCUT2D eigenvalue weighted by Crippen LogP contribution is 2.39. The van der Waals surface area contributed by atoms with E-state index < -0.39 is 6.29 Å². The van der Waals surface area contributed by atoms with E-state index in [0.29, 0.717) is 32.6 Å². The van der Waals surface area contributed by atoms with Crippen LogP contribution in [-0.4, -0.2) is 50.8 Å². The van der Waals surface area contributed by atoms with Crippen molar-refractivity contribution >= 4 is 5.91 Å². The fourth-order valence-electron chi connectivity index (χ4n) is 3.30. The Morgan fingerprint density at radius 2 is 2.11 bits per heavy atom. The number of hydrogen-bond donors (Lipinski definition) is 2. The largest absolute Gasteiger partial charge is 0.459 e. The molecule has 3 atom stereocenters. The van der Waals surface area contributed by atoms with Gasteiger partial charge in [0.05, 0.1) is 6.61 Å². The van der Waals surface area contributed by atoms with E-state index in [1.54, 1.807) is 7.11 Å². The number of carbonyl (C=O) groups is 1. The predicted octanol–water partition coefficient (Wildman–Crippen LogP) is 2.18. The molecule has 0 aliphatic carbocycles. The number of aliphatic hydroxyl groups excluding tert-OH is 1. The number of rotatable bonds is 10. The van der Waals surface area contributed by atoms with E-state index >= 15 is 0 Å². The Morgan fingerprint density at radius 3 is 2.71 bits per heavy atom. The molecule has 152 valence electrons. The first kappa shape index (κ1) is 22.0. The lowest BCUT2D eigenvalue weighted by Gasteiger charge is -2.37. The van der Waals surface area contributed by atoms with E-state index in [4.69, 9.17) is 20.6 Å². The van der Waals surface area contributed by atoms with Crippen molar-refractivity contribution in [3.05, 3.63) is 47.2 Å². The van der Waals surface area contributed by atoms with Crippen LogP contribution in [0.1, 0.15) is 36.8 Å². The van der Waals surface area contributed by atoms with Gasteiger partial charge < -0.3 is 24.6 Å². The van der Waals surface area contributed by atoms with Gasteiger partial charge in [0.1, 0.15) is 0 Å². The van der Waals surface area contributed by atoms with Crippen molar-refractivity contribution in [3.63, 3.8) is 0 Å². The smallest absolute Gasteiger partial charge is 0.286 e. The fourth-order valence-corrected chi connectivity index (χ4v) is 3.30. The third-order valence-electron chi connectivity index (χ3n) is 4.69. The topological polar surface area (TPSA) is 77.0 Å². The molecule has 1 aromatic carbocycles. The summed E-state index contributed by atoms with van der Waals surface area (Å²) in [4.78, 5) is 12.5. The van der Waals surface area contributed by atoms with Crippen molar-refractivity contribution in [3.8, 4) is 12.3 Å². The number of allylic oxidation sites excluding steroid dienone is 1. The SMILES string of the molecule is C#Cc1ccc([C@@H]2C=C(C(=O)NCCOC)O[C@H](OCC)[C@H]2CCCO)cc1. The number of amides is 1. The maximum Gasteiger partial charge on any atom is 0.286 e. The minimum absolute atomic E-state index is 0.0284. The Hall–Kier alpha value is -2.33. The number of ether oxygens (including phenoxy) is 3. The van der Waals surface area contributed by atoms with Crippen LogP contribution in [0, 0.1) is 18.3 Å². The first-order valence-corrected chi connectivity index (χ1v) is 9.59. The Morgan fingerprint density at radius 1 is 1.36 bits per heavy atom. The van der Waals surface area contributed by atoms with Crippen LogP contribution in [0.15, 0.2) is 36.1 Å². The summed E-state index contributed by atoms with van der Waals surface area (Å²) in [6.45, 7) is 3.25. The summed E-state index contributed by atoms with van der Waals surface area (Å²) in [5, 5.41) is 12.1. The van der Waals surface area contributed by atoms with Gasteiger partial charge in [-0.1, -0.05) is 18.1 Å². The normalized spacial score (nSPS) is 21.4. The third-order valence-corrected chi connectivity index (χ3v) is 4.69. The van der Waals surface area contributed by atoms with Crippen LogP contribution in [0.3, 0.4) is 0 Å². The van der Waals surface area contributed by atoms with Crippen molar-refractivity contribution in [1.29, 1.82) is 0 Å². The van der Waals surface area contributed by atoms with Gasteiger partial charge in [0.2, 0.25) is 6.29 Å². The Kier molecular flexibility index (Phi) is 9.02. The summed E-state index contributed by atoms with van der Waals surface area (Å²) in [7, 11) is 1.58. The summed E-state index contributed by atoms with van der Waals surface area (Å²) in [5.74, 6) is 2.43. The van der Waals surface area contributed by atoms with E-state index in [2.05, 4.69) is 11.2 Å². The summed E-state index contributed by atoms with van der Waals surface area (Å²) in [6.07, 6.45) is 8.06. The second-order valence-corrected chi connectivity index (χ2v) is 6.54. The molecule has 1 aliphatic rings. The van der Waals surface area contributed by atoms with Gasteiger partial charge in [-0.05, 0) is 43.5 Å². The molecule has 0 bridgehead atoms. The average molecular weight is 387 g/mol. The second kappa shape index (κ2) is 11.5. The molecule has 0 fully saturated rings. The highest BCUT2D eigenvalue weighted by atomic mass is 16.7. The van der Waals surface area contributed by atoms with Crippen molar-refractivity contribution in [2.45, 2.75) is 32.0 Å². The van der Waals surface area contributed by atoms with Gasteiger partial charge in [0, 0.05) is 44.3 Å². The van der Waals surface area contributed by atoms with Gasteiger partial charge in [0.25, 0.3) is 5.91 Å². The van der Waals surface area contributed by atoms with Crippen LogP contribution in [0.5, 0.6) is 0 Å². The lowest BCUT2D eigenvalue weighted by Crippen LogP contribution is -2.39. The summed E-state index contributed by atoms with van der Waals surface area (Å²) in [5.41, 5.74) is 1.82. The number of hydrogen-bond acceptors (Lipinski definition) is 5. The Labute approximate surface area is 166 Å². The summed E-state index contributed by atoms with van der Waals surface area (Å²) >= 11 is 0. The number of methoxy groups -OCH3 is 1. The maximum absolute atomic E-state index is 12.5. The second-order valence-electron chi connectivity index (χ2n) is 6.54. The van der Waals surface area contributed by atoms with Crippen LogP contribution in [0.2, 0.25) is 0 Å². The minimum atomic E-state index is -0.568. The number of aliphatic hydroxyl groups is 1. The standard InChI is InChI=1S/C22H29NO5/c1-4-16-8-10-17(11-9-16)19-15-20(21(25)23-12-14-26-3)28-22(27-5-2)18(19)7-6-13-24/h1,8-11,15,18-19,22,24H,5-7,12-14H2,2-3H3,(H,23,25)/t18-,19-,22-/m0/s1.